The summed E-state index contributed by atoms with van der Waals surface area (Å²) in [6.07, 6.45) is 2.92. The van der Waals surface area contributed by atoms with Crippen LogP contribution >= 0.6 is 15.9 Å². The van der Waals surface area contributed by atoms with Crippen molar-refractivity contribution >= 4 is 27.5 Å². The Kier molecular flexibility index (Phi) is 8.09. The predicted molar refractivity (Wildman–Crippen MR) is 91.2 cm³/mol. The molecule has 122 valence electrons. The molecule has 1 aliphatic heterocycles. The van der Waals surface area contributed by atoms with Gasteiger partial charge in [-0.1, -0.05) is 41.9 Å². The van der Waals surface area contributed by atoms with Gasteiger partial charge in [0.2, 0.25) is 5.91 Å². The lowest BCUT2D eigenvalue weighted by molar-refractivity contribution is -0.384. The van der Waals surface area contributed by atoms with Gasteiger partial charge in [0.15, 0.2) is 0 Å². The molecule has 0 bridgehead atoms. The quantitative estimate of drug-likeness (QED) is 0.460. The Hall–Kier alpha value is -1.43. The highest BCUT2D eigenvalue weighted by molar-refractivity contribution is 9.09. The molecule has 22 heavy (non-hydrogen) atoms. The van der Waals surface area contributed by atoms with Crippen molar-refractivity contribution < 1.29 is 9.72 Å². The molecule has 1 saturated heterocycles. The van der Waals surface area contributed by atoms with Gasteiger partial charge in [0.1, 0.15) is 0 Å². The average molecular weight is 371 g/mol. The Balaban J connectivity index is 0.00000116. The van der Waals surface area contributed by atoms with E-state index in [-0.39, 0.29) is 16.5 Å². The molecule has 0 aliphatic carbocycles. The molecule has 0 unspecified atom stereocenters. The summed E-state index contributed by atoms with van der Waals surface area (Å²) < 4.78 is 0. The summed E-state index contributed by atoms with van der Waals surface area (Å²) in [6.45, 7) is 5.62. The molecule has 1 aromatic rings. The number of nitro benzene ring substituents is 1. The van der Waals surface area contributed by atoms with Gasteiger partial charge in [-0.15, -0.1) is 0 Å². The van der Waals surface area contributed by atoms with E-state index in [1.807, 2.05) is 30.9 Å². The van der Waals surface area contributed by atoms with Crippen molar-refractivity contribution in [2.24, 2.45) is 5.92 Å². The molecule has 0 radical (unpaired) electrons. The summed E-state index contributed by atoms with van der Waals surface area (Å²) in [6, 6.07) is 6.76. The smallest absolute Gasteiger partial charge is 0.269 e. The second-order valence-corrected chi connectivity index (χ2v) is 5.65. The van der Waals surface area contributed by atoms with Gasteiger partial charge < -0.3 is 4.90 Å². The minimum absolute atomic E-state index is 0.131. The number of amides is 1. The van der Waals surface area contributed by atoms with Crippen molar-refractivity contribution in [3.63, 3.8) is 0 Å². The van der Waals surface area contributed by atoms with Gasteiger partial charge in [0, 0.05) is 25.2 Å². The highest BCUT2D eigenvalue weighted by Gasteiger charge is 2.22. The Morgan fingerprint density at radius 3 is 2.27 bits per heavy atom. The lowest BCUT2D eigenvalue weighted by Crippen LogP contribution is -2.39. The molecule has 6 heteroatoms. The van der Waals surface area contributed by atoms with Gasteiger partial charge in [0.05, 0.1) is 10.3 Å². The molecule has 5 nitrogen and oxygen atoms in total. The molecule has 1 fully saturated rings. The Bertz CT molecular complexity index is 483. The number of nitro groups is 1. The summed E-state index contributed by atoms with van der Waals surface area (Å²) in [5, 5.41) is 11.0. The van der Waals surface area contributed by atoms with Crippen LogP contribution in [-0.4, -0.2) is 34.2 Å². The molecule has 0 spiro atoms. The van der Waals surface area contributed by atoms with Gasteiger partial charge >= 0.3 is 0 Å². The van der Waals surface area contributed by atoms with Gasteiger partial charge in [-0.05, 0) is 30.7 Å². The lowest BCUT2D eigenvalue weighted by atomic mass is 9.90. The van der Waals surface area contributed by atoms with E-state index in [1.54, 1.807) is 12.1 Å². The zero-order valence-corrected chi connectivity index (χ0v) is 14.7. The molecule has 1 aromatic carbocycles. The first kappa shape index (κ1) is 18.6. The maximum atomic E-state index is 11.5. The second kappa shape index (κ2) is 9.56. The number of hydrogen-bond acceptors (Lipinski definition) is 3. The number of non-ortho nitro benzene ring substituents is 1. The Labute approximate surface area is 140 Å². The van der Waals surface area contributed by atoms with Crippen LogP contribution in [0.25, 0.3) is 0 Å². The first-order valence-corrected chi connectivity index (χ1v) is 8.79. The number of carbonyl (C=O) groups excluding carboxylic acids is 1. The molecule has 0 aromatic heterocycles. The fraction of sp³-hybridized carbons (Fsp3) is 0.562. The Morgan fingerprint density at radius 1 is 1.27 bits per heavy atom. The molecular formula is C16H23BrN2O3. The van der Waals surface area contributed by atoms with E-state index < -0.39 is 0 Å². The number of hydrogen-bond donors (Lipinski definition) is 0. The van der Waals surface area contributed by atoms with Crippen molar-refractivity contribution in [3.05, 3.63) is 39.9 Å². The third kappa shape index (κ3) is 5.40. The number of rotatable bonds is 4. The first-order valence-electron chi connectivity index (χ1n) is 7.67. The van der Waals surface area contributed by atoms with Crippen LogP contribution in [0, 0.1) is 16.0 Å². The number of nitrogens with zero attached hydrogens (tertiary/aromatic N) is 2. The van der Waals surface area contributed by atoms with Crippen LogP contribution < -0.4 is 0 Å². The molecule has 2 rings (SSSR count). The van der Waals surface area contributed by atoms with Crippen LogP contribution in [-0.2, 0) is 11.2 Å². The van der Waals surface area contributed by atoms with Crippen LogP contribution in [0.2, 0.25) is 0 Å². The maximum absolute atomic E-state index is 11.5. The SMILES string of the molecule is CC.O=C(CBr)N1CCC(Cc2ccc([N+](=O)[O-])cc2)CC1. The zero-order valence-electron chi connectivity index (χ0n) is 13.1. The summed E-state index contributed by atoms with van der Waals surface area (Å²) in [4.78, 5) is 23.7. The third-order valence-corrected chi connectivity index (χ3v) is 4.23. The van der Waals surface area contributed by atoms with Crippen molar-refractivity contribution in [1.29, 1.82) is 0 Å². The molecule has 0 saturated carbocycles. The minimum Gasteiger partial charge on any atom is -0.342 e. The van der Waals surface area contributed by atoms with Crippen molar-refractivity contribution in [1.82, 2.24) is 4.90 Å². The molecule has 0 N–H and O–H groups in total. The van der Waals surface area contributed by atoms with Crippen LogP contribution in [0.15, 0.2) is 24.3 Å². The number of alkyl halides is 1. The highest BCUT2D eigenvalue weighted by atomic mass is 79.9. The molecule has 1 aliphatic rings. The van der Waals surface area contributed by atoms with Crippen LogP contribution in [0.4, 0.5) is 5.69 Å². The van der Waals surface area contributed by atoms with Crippen molar-refractivity contribution in [2.45, 2.75) is 33.1 Å². The van der Waals surface area contributed by atoms with E-state index in [0.717, 1.165) is 37.9 Å². The van der Waals surface area contributed by atoms with Gasteiger partial charge in [-0.3, -0.25) is 14.9 Å². The molecule has 1 heterocycles. The number of likely N-dealkylation sites (tertiary alicyclic amines) is 1. The van der Waals surface area contributed by atoms with E-state index in [1.165, 1.54) is 0 Å². The van der Waals surface area contributed by atoms with Crippen LogP contribution in [0.3, 0.4) is 0 Å². The molecule has 1 amide bonds. The number of carbonyl (C=O) groups is 1. The first-order chi connectivity index (χ1) is 10.6. The van der Waals surface area contributed by atoms with Crippen LogP contribution in [0.5, 0.6) is 0 Å². The Morgan fingerprint density at radius 2 is 1.82 bits per heavy atom. The van der Waals surface area contributed by atoms with Crippen molar-refractivity contribution in [2.75, 3.05) is 18.4 Å². The normalized spacial score (nSPS) is 15.0. The average Bonchev–Trinajstić information content (AvgIpc) is 2.57. The van der Waals surface area contributed by atoms with E-state index in [2.05, 4.69) is 15.9 Å². The number of benzene rings is 1. The number of halogens is 1. The fourth-order valence-corrected chi connectivity index (χ4v) is 2.91. The minimum atomic E-state index is -0.381. The predicted octanol–water partition coefficient (Wildman–Crippen LogP) is 3.80. The van der Waals surface area contributed by atoms with Crippen LogP contribution in [0.1, 0.15) is 32.3 Å². The van der Waals surface area contributed by atoms with E-state index in [9.17, 15) is 14.9 Å². The number of piperidine rings is 1. The molecule has 0 atom stereocenters. The van der Waals surface area contributed by atoms with E-state index in [0.29, 0.717) is 11.2 Å². The van der Waals surface area contributed by atoms with Gasteiger partial charge in [-0.25, -0.2) is 0 Å². The zero-order chi connectivity index (χ0) is 16.5. The highest BCUT2D eigenvalue weighted by Crippen LogP contribution is 2.23. The summed E-state index contributed by atoms with van der Waals surface area (Å²) in [7, 11) is 0. The van der Waals surface area contributed by atoms with Gasteiger partial charge in [0.25, 0.3) is 5.69 Å². The largest absolute Gasteiger partial charge is 0.342 e. The standard InChI is InChI=1S/C14H17BrN2O3.C2H6/c15-10-14(18)16-7-5-12(6-8-16)9-11-1-3-13(4-2-11)17(19)20;1-2/h1-4,12H,5-10H2;1-2H3. The van der Waals surface area contributed by atoms with E-state index in [4.69, 9.17) is 0 Å². The monoisotopic (exact) mass is 370 g/mol. The van der Waals surface area contributed by atoms with E-state index >= 15 is 0 Å². The third-order valence-electron chi connectivity index (χ3n) is 3.75. The summed E-state index contributed by atoms with van der Waals surface area (Å²) in [5.41, 5.74) is 1.26. The van der Waals surface area contributed by atoms with Crippen molar-refractivity contribution in [3.8, 4) is 0 Å². The lowest BCUT2D eigenvalue weighted by Gasteiger charge is -2.31. The molecular weight excluding hydrogens is 348 g/mol. The fourth-order valence-electron chi connectivity index (χ4n) is 2.56. The summed E-state index contributed by atoms with van der Waals surface area (Å²) >= 11 is 3.19. The maximum Gasteiger partial charge on any atom is 0.269 e. The topological polar surface area (TPSA) is 63.5 Å². The van der Waals surface area contributed by atoms with Gasteiger partial charge in [-0.2, -0.15) is 0 Å². The summed E-state index contributed by atoms with van der Waals surface area (Å²) in [5.74, 6) is 0.703. The second-order valence-electron chi connectivity index (χ2n) is 5.09.